The number of nitrogens with zero attached hydrogens (tertiary/aromatic N) is 3. The summed E-state index contributed by atoms with van der Waals surface area (Å²) in [6, 6.07) is 5.60. The van der Waals surface area contributed by atoms with Crippen LogP contribution in [0.1, 0.15) is 81.4 Å². The minimum Gasteiger partial charge on any atom is -0.394 e. The first-order valence-corrected chi connectivity index (χ1v) is 14.5. The lowest BCUT2D eigenvalue weighted by Gasteiger charge is -2.40. The summed E-state index contributed by atoms with van der Waals surface area (Å²) in [5.41, 5.74) is 3.76. The van der Waals surface area contributed by atoms with Crippen LogP contribution < -0.4 is 5.32 Å². The molecule has 0 unspecified atom stereocenters. The lowest BCUT2D eigenvalue weighted by atomic mass is 9.87. The highest BCUT2D eigenvalue weighted by atomic mass is 32.2. The van der Waals surface area contributed by atoms with Crippen LogP contribution in [-0.4, -0.2) is 57.4 Å². The summed E-state index contributed by atoms with van der Waals surface area (Å²) in [6.07, 6.45) is 6.71. The molecule has 204 valence electrons. The normalized spacial score (nSPS) is 17.7. The van der Waals surface area contributed by atoms with E-state index in [1.807, 2.05) is 24.4 Å². The van der Waals surface area contributed by atoms with Gasteiger partial charge in [0.1, 0.15) is 5.65 Å². The van der Waals surface area contributed by atoms with Crippen molar-refractivity contribution in [3.05, 3.63) is 65.4 Å². The van der Waals surface area contributed by atoms with E-state index in [9.17, 15) is 18.3 Å². The second-order valence-corrected chi connectivity index (χ2v) is 13.0. The van der Waals surface area contributed by atoms with Gasteiger partial charge in [0.15, 0.2) is 9.84 Å². The van der Waals surface area contributed by atoms with Crippen molar-refractivity contribution in [1.29, 1.82) is 0 Å². The van der Waals surface area contributed by atoms with Crippen molar-refractivity contribution >= 4 is 27.0 Å². The monoisotopic (exact) mass is 540 g/mol. The van der Waals surface area contributed by atoms with Gasteiger partial charge in [0.25, 0.3) is 5.91 Å². The maximum atomic E-state index is 13.1. The highest BCUT2D eigenvalue weighted by molar-refractivity contribution is 7.91. The van der Waals surface area contributed by atoms with E-state index in [1.165, 1.54) is 18.3 Å². The molecule has 1 amide bonds. The first-order valence-electron chi connectivity index (χ1n) is 12.8. The number of carbonyl (C=O) groups excluding carboxylic acids is 1. The Morgan fingerprint density at radius 1 is 1.21 bits per heavy atom. The van der Waals surface area contributed by atoms with Gasteiger partial charge in [0, 0.05) is 30.1 Å². The Labute approximate surface area is 223 Å². The molecule has 1 aliphatic rings. The molecule has 3 aromatic heterocycles. The fourth-order valence-corrected chi connectivity index (χ4v) is 5.92. The minimum absolute atomic E-state index is 0.0352. The summed E-state index contributed by atoms with van der Waals surface area (Å²) in [7, 11) is -3.39. The summed E-state index contributed by atoms with van der Waals surface area (Å²) in [5.74, 6) is -0.430. The zero-order valence-electron chi connectivity index (χ0n) is 22.8. The molecular weight excluding hydrogens is 504 g/mol. The summed E-state index contributed by atoms with van der Waals surface area (Å²) in [6.45, 7) is 11.5. The SMILES string of the molecule is CCc1c(C2=CC(C)(C)OC(C)(C)C2)nc2cc(C(=O)N[C@@H](CO)c3ccc(S(=O)(=O)CC)cn3)ccn12. The van der Waals surface area contributed by atoms with E-state index in [0.717, 1.165) is 29.8 Å². The maximum Gasteiger partial charge on any atom is 0.252 e. The van der Waals surface area contributed by atoms with E-state index in [0.29, 0.717) is 16.9 Å². The number of fused-ring (bicyclic) bond motifs is 1. The van der Waals surface area contributed by atoms with Crippen LogP contribution in [0.25, 0.3) is 11.2 Å². The second-order valence-electron chi connectivity index (χ2n) is 10.7. The zero-order valence-corrected chi connectivity index (χ0v) is 23.6. The summed E-state index contributed by atoms with van der Waals surface area (Å²) in [5, 5.41) is 12.7. The van der Waals surface area contributed by atoms with E-state index < -0.39 is 34.0 Å². The molecule has 0 aliphatic carbocycles. The van der Waals surface area contributed by atoms with E-state index in [4.69, 9.17) is 9.72 Å². The van der Waals surface area contributed by atoms with E-state index in [2.05, 4.69) is 37.1 Å². The van der Waals surface area contributed by atoms with E-state index in [1.54, 1.807) is 19.1 Å². The predicted octanol–water partition coefficient (Wildman–Crippen LogP) is 3.91. The Morgan fingerprint density at radius 3 is 2.53 bits per heavy atom. The third-order valence-corrected chi connectivity index (χ3v) is 8.37. The van der Waals surface area contributed by atoms with Gasteiger partial charge in [-0.05, 0) is 70.0 Å². The first-order chi connectivity index (χ1) is 17.8. The average molecular weight is 541 g/mol. The van der Waals surface area contributed by atoms with Crippen molar-refractivity contribution in [2.75, 3.05) is 12.4 Å². The summed E-state index contributed by atoms with van der Waals surface area (Å²) < 4.78 is 32.3. The smallest absolute Gasteiger partial charge is 0.252 e. The standard InChI is InChI=1S/C28H36N4O5S/c1-7-23-25(19-14-27(3,4)37-28(5,6)15-19)31-24-13-18(11-12-32(23)24)26(34)30-22(17-33)21-10-9-20(16-29-21)38(35,36)8-2/h9-14,16,22,33H,7-8,15,17H2,1-6H3,(H,30,34)/t22-/m0/s1. The lowest BCUT2D eigenvalue weighted by molar-refractivity contribution is -0.100. The minimum atomic E-state index is -3.39. The predicted molar refractivity (Wildman–Crippen MR) is 146 cm³/mol. The highest BCUT2D eigenvalue weighted by Crippen LogP contribution is 2.39. The van der Waals surface area contributed by atoms with Crippen LogP contribution in [0.5, 0.6) is 0 Å². The molecule has 0 saturated carbocycles. The van der Waals surface area contributed by atoms with Crippen LogP contribution in [-0.2, 0) is 21.0 Å². The van der Waals surface area contributed by atoms with E-state index >= 15 is 0 Å². The number of nitrogens with one attached hydrogen (secondary N) is 1. The molecule has 1 aliphatic heterocycles. The molecule has 0 fully saturated rings. The fraction of sp³-hybridized carbons (Fsp3) is 0.464. The molecule has 2 N–H and O–H groups in total. The van der Waals surface area contributed by atoms with E-state index in [-0.39, 0.29) is 16.2 Å². The third-order valence-electron chi connectivity index (χ3n) is 6.65. The number of ether oxygens (including phenoxy) is 1. The Bertz CT molecular complexity index is 1490. The van der Waals surface area contributed by atoms with Crippen LogP contribution in [0.4, 0.5) is 0 Å². The van der Waals surface area contributed by atoms with Gasteiger partial charge in [-0.3, -0.25) is 9.78 Å². The van der Waals surface area contributed by atoms with Crippen molar-refractivity contribution in [3.63, 3.8) is 0 Å². The molecule has 1 atom stereocenters. The van der Waals surface area contributed by atoms with Crippen LogP contribution in [0.2, 0.25) is 0 Å². The molecular formula is C28H36N4O5S. The molecule has 4 rings (SSSR count). The largest absolute Gasteiger partial charge is 0.394 e. The van der Waals surface area contributed by atoms with Crippen molar-refractivity contribution < 1.29 is 23.1 Å². The first kappa shape index (κ1) is 27.9. The molecule has 0 saturated heterocycles. The number of aryl methyl sites for hydroxylation is 1. The van der Waals surface area contributed by atoms with Crippen molar-refractivity contribution in [2.45, 2.75) is 76.5 Å². The Morgan fingerprint density at radius 2 is 1.95 bits per heavy atom. The number of hydrogen-bond acceptors (Lipinski definition) is 7. The quantitative estimate of drug-likeness (QED) is 0.444. The molecule has 10 heteroatoms. The fourth-order valence-electron chi connectivity index (χ4n) is 5.09. The number of hydrogen-bond donors (Lipinski definition) is 2. The molecule has 3 aromatic rings. The highest BCUT2D eigenvalue weighted by Gasteiger charge is 2.35. The molecule has 38 heavy (non-hydrogen) atoms. The maximum absolute atomic E-state index is 13.1. The van der Waals surface area contributed by atoms with Crippen molar-refractivity contribution in [3.8, 4) is 0 Å². The number of sulfone groups is 1. The molecule has 0 bridgehead atoms. The number of carbonyl (C=O) groups is 1. The zero-order chi connectivity index (χ0) is 27.9. The van der Waals surface area contributed by atoms with Crippen LogP contribution in [0, 0.1) is 0 Å². The summed E-state index contributed by atoms with van der Waals surface area (Å²) in [4.78, 5) is 22.3. The molecule has 4 heterocycles. The lowest BCUT2D eigenvalue weighted by Crippen LogP contribution is -2.39. The molecule has 0 aromatic carbocycles. The second kappa shape index (κ2) is 10.2. The number of pyridine rings is 2. The molecule has 0 radical (unpaired) electrons. The van der Waals surface area contributed by atoms with Crippen molar-refractivity contribution in [1.82, 2.24) is 19.7 Å². The van der Waals surface area contributed by atoms with Gasteiger partial charge >= 0.3 is 0 Å². The number of aromatic nitrogens is 3. The molecule has 0 spiro atoms. The topological polar surface area (TPSA) is 123 Å². The van der Waals surface area contributed by atoms with Gasteiger partial charge in [-0.2, -0.15) is 0 Å². The van der Waals surface area contributed by atoms with Crippen LogP contribution in [0.15, 0.2) is 47.6 Å². The number of rotatable bonds is 8. The van der Waals surface area contributed by atoms with Crippen LogP contribution >= 0.6 is 0 Å². The summed E-state index contributed by atoms with van der Waals surface area (Å²) >= 11 is 0. The number of aliphatic hydroxyl groups is 1. The van der Waals surface area contributed by atoms with Gasteiger partial charge in [-0.15, -0.1) is 0 Å². The Hall–Kier alpha value is -3.08. The third kappa shape index (κ3) is 5.67. The number of aliphatic hydroxyl groups excluding tert-OH is 1. The number of amides is 1. The van der Waals surface area contributed by atoms with Gasteiger partial charge < -0.3 is 19.6 Å². The average Bonchev–Trinajstić information content (AvgIpc) is 3.23. The Kier molecular flexibility index (Phi) is 7.53. The van der Waals surface area contributed by atoms with Gasteiger partial charge in [-0.1, -0.05) is 13.8 Å². The Balaban J connectivity index is 1.62. The van der Waals surface area contributed by atoms with Crippen LogP contribution in [0.3, 0.4) is 0 Å². The van der Waals surface area contributed by atoms with Gasteiger partial charge in [-0.25, -0.2) is 13.4 Å². The van der Waals surface area contributed by atoms with Crippen molar-refractivity contribution in [2.24, 2.45) is 0 Å². The van der Waals surface area contributed by atoms with Gasteiger partial charge in [0.05, 0.1) is 45.9 Å². The number of imidazole rings is 1. The molecule has 9 nitrogen and oxygen atoms in total. The van der Waals surface area contributed by atoms with Gasteiger partial charge in [0.2, 0.25) is 0 Å².